The molecule has 0 unspecified atom stereocenters. The number of anilines is 1. The molecule has 1 N–H and O–H groups in total. The van der Waals surface area contributed by atoms with E-state index < -0.39 is 15.8 Å². The largest absolute Gasteiger partial charge is 0.492 e. The number of pyridine rings is 1. The molecule has 4 rings (SSSR count). The Balaban J connectivity index is 1.61. The van der Waals surface area contributed by atoms with Gasteiger partial charge in [0.25, 0.3) is 10.0 Å². The summed E-state index contributed by atoms with van der Waals surface area (Å²) in [6.07, 6.45) is 1.32. The molecular weight excluding hydrogens is 417 g/mol. The summed E-state index contributed by atoms with van der Waals surface area (Å²) in [5, 5.41) is 0. The van der Waals surface area contributed by atoms with E-state index in [1.54, 1.807) is 13.0 Å². The number of ether oxygens (including phenoxy) is 3. The van der Waals surface area contributed by atoms with E-state index in [1.165, 1.54) is 12.3 Å². The Morgan fingerprint density at radius 3 is 2.87 bits per heavy atom. The van der Waals surface area contributed by atoms with Gasteiger partial charge in [0.2, 0.25) is 5.88 Å². The van der Waals surface area contributed by atoms with Gasteiger partial charge in [-0.2, -0.15) is 0 Å². The molecule has 3 heterocycles. The molecule has 0 amide bonds. The number of aromatic nitrogens is 1. The lowest BCUT2D eigenvalue weighted by atomic mass is 10.2. The third-order valence-corrected chi connectivity index (χ3v) is 6.15. The fourth-order valence-electron chi connectivity index (χ4n) is 3.34. The fourth-order valence-corrected chi connectivity index (χ4v) is 4.53. The SMILES string of the molecule is CCOc1ccc(F)cc1S(=O)(=O)Nc1cnc2c(c1)CN1CC(=O)OC[C@H]1CO2. The average Bonchev–Trinajstić information content (AvgIpc) is 2.87. The number of rotatable bonds is 5. The van der Waals surface area contributed by atoms with Crippen molar-refractivity contribution in [2.24, 2.45) is 0 Å². The molecule has 0 radical (unpaired) electrons. The maximum atomic E-state index is 13.7. The van der Waals surface area contributed by atoms with Crippen LogP contribution in [0.25, 0.3) is 0 Å². The number of carbonyl (C=O) groups excluding carboxylic acids is 1. The number of carbonyl (C=O) groups is 1. The third kappa shape index (κ3) is 4.17. The van der Waals surface area contributed by atoms with E-state index in [0.717, 1.165) is 12.1 Å². The lowest BCUT2D eigenvalue weighted by Gasteiger charge is -2.31. The first-order chi connectivity index (χ1) is 14.4. The Kier molecular flexibility index (Phi) is 5.48. The molecule has 0 spiro atoms. The lowest BCUT2D eigenvalue weighted by molar-refractivity contribution is -0.155. The number of sulfonamides is 1. The van der Waals surface area contributed by atoms with Gasteiger partial charge in [-0.15, -0.1) is 0 Å². The number of cyclic esters (lactones) is 1. The van der Waals surface area contributed by atoms with Gasteiger partial charge >= 0.3 is 5.97 Å². The maximum Gasteiger partial charge on any atom is 0.320 e. The second kappa shape index (κ2) is 8.07. The van der Waals surface area contributed by atoms with Crippen molar-refractivity contribution in [3.8, 4) is 11.6 Å². The predicted molar refractivity (Wildman–Crippen MR) is 103 cm³/mol. The van der Waals surface area contributed by atoms with E-state index in [1.807, 2.05) is 4.90 Å². The number of benzene rings is 1. The van der Waals surface area contributed by atoms with Gasteiger partial charge in [0.05, 0.1) is 31.1 Å². The van der Waals surface area contributed by atoms with Gasteiger partial charge in [0, 0.05) is 12.1 Å². The van der Waals surface area contributed by atoms with Gasteiger partial charge in [-0.25, -0.2) is 17.8 Å². The van der Waals surface area contributed by atoms with Crippen LogP contribution in [-0.4, -0.2) is 56.7 Å². The van der Waals surface area contributed by atoms with Crippen LogP contribution in [0.15, 0.2) is 35.4 Å². The van der Waals surface area contributed by atoms with Crippen molar-refractivity contribution in [2.75, 3.05) is 31.1 Å². The molecule has 11 heteroatoms. The van der Waals surface area contributed by atoms with E-state index in [2.05, 4.69) is 9.71 Å². The number of fused-ring (bicyclic) bond motifs is 2. The molecule has 1 aromatic heterocycles. The lowest BCUT2D eigenvalue weighted by Crippen LogP contribution is -2.48. The molecule has 0 bridgehead atoms. The Bertz CT molecular complexity index is 1080. The summed E-state index contributed by atoms with van der Waals surface area (Å²) in [6.45, 7) is 2.93. The van der Waals surface area contributed by atoms with Crippen molar-refractivity contribution in [1.82, 2.24) is 9.88 Å². The van der Waals surface area contributed by atoms with Crippen LogP contribution in [0.3, 0.4) is 0 Å². The quantitative estimate of drug-likeness (QED) is 0.702. The Morgan fingerprint density at radius 2 is 2.07 bits per heavy atom. The normalized spacial score (nSPS) is 19.0. The summed E-state index contributed by atoms with van der Waals surface area (Å²) in [5.41, 5.74) is 0.804. The molecule has 2 aromatic rings. The molecule has 0 aliphatic carbocycles. The highest BCUT2D eigenvalue weighted by Crippen LogP contribution is 2.30. The summed E-state index contributed by atoms with van der Waals surface area (Å²) < 4.78 is 57.9. The van der Waals surface area contributed by atoms with E-state index in [4.69, 9.17) is 14.2 Å². The van der Waals surface area contributed by atoms with Crippen molar-refractivity contribution in [2.45, 2.75) is 24.4 Å². The van der Waals surface area contributed by atoms with Crippen LogP contribution in [0.1, 0.15) is 12.5 Å². The van der Waals surface area contributed by atoms with Crippen LogP contribution in [-0.2, 0) is 26.1 Å². The summed E-state index contributed by atoms with van der Waals surface area (Å²) in [6, 6.07) is 4.79. The minimum absolute atomic E-state index is 0.0483. The molecule has 9 nitrogen and oxygen atoms in total. The Morgan fingerprint density at radius 1 is 1.27 bits per heavy atom. The first-order valence-electron chi connectivity index (χ1n) is 9.32. The molecule has 160 valence electrons. The minimum Gasteiger partial charge on any atom is -0.492 e. The number of esters is 1. The molecule has 1 aromatic carbocycles. The first kappa shape index (κ1) is 20.4. The second-order valence-corrected chi connectivity index (χ2v) is 8.52. The average molecular weight is 437 g/mol. The van der Waals surface area contributed by atoms with E-state index in [0.29, 0.717) is 24.6 Å². The molecule has 0 saturated carbocycles. The minimum atomic E-state index is -4.14. The topological polar surface area (TPSA) is 107 Å². The summed E-state index contributed by atoms with van der Waals surface area (Å²) >= 11 is 0. The van der Waals surface area contributed by atoms with Crippen molar-refractivity contribution in [1.29, 1.82) is 0 Å². The molecule has 30 heavy (non-hydrogen) atoms. The van der Waals surface area contributed by atoms with Gasteiger partial charge < -0.3 is 14.2 Å². The molecule has 1 fully saturated rings. The highest BCUT2D eigenvalue weighted by molar-refractivity contribution is 7.92. The van der Waals surface area contributed by atoms with Crippen LogP contribution < -0.4 is 14.2 Å². The highest BCUT2D eigenvalue weighted by atomic mass is 32.2. The molecular formula is C19H20FN3O6S. The van der Waals surface area contributed by atoms with Crippen molar-refractivity contribution >= 4 is 21.7 Å². The molecule has 1 saturated heterocycles. The fraction of sp³-hybridized carbons (Fsp3) is 0.368. The van der Waals surface area contributed by atoms with Gasteiger partial charge in [-0.05, 0) is 31.2 Å². The van der Waals surface area contributed by atoms with Crippen LogP contribution in [0, 0.1) is 5.82 Å². The van der Waals surface area contributed by atoms with Crippen molar-refractivity contribution in [3.05, 3.63) is 41.8 Å². The highest BCUT2D eigenvalue weighted by Gasteiger charge is 2.32. The van der Waals surface area contributed by atoms with Crippen LogP contribution >= 0.6 is 0 Å². The zero-order valence-electron chi connectivity index (χ0n) is 16.1. The van der Waals surface area contributed by atoms with E-state index in [-0.39, 0.29) is 48.1 Å². The number of morpholine rings is 1. The van der Waals surface area contributed by atoms with Gasteiger partial charge in [0.15, 0.2) is 0 Å². The predicted octanol–water partition coefficient (Wildman–Crippen LogP) is 1.54. The molecule has 2 aliphatic rings. The van der Waals surface area contributed by atoms with Crippen LogP contribution in [0.5, 0.6) is 11.6 Å². The summed E-state index contributed by atoms with van der Waals surface area (Å²) in [5.74, 6) is -0.614. The van der Waals surface area contributed by atoms with Crippen LogP contribution in [0.4, 0.5) is 10.1 Å². The molecule has 2 aliphatic heterocycles. The van der Waals surface area contributed by atoms with E-state index in [9.17, 15) is 17.6 Å². The van der Waals surface area contributed by atoms with E-state index >= 15 is 0 Å². The number of nitrogens with one attached hydrogen (secondary N) is 1. The smallest absolute Gasteiger partial charge is 0.320 e. The first-order valence-corrected chi connectivity index (χ1v) is 10.8. The molecule has 1 atom stereocenters. The van der Waals surface area contributed by atoms with Gasteiger partial charge in [0.1, 0.15) is 29.7 Å². The van der Waals surface area contributed by atoms with Crippen molar-refractivity contribution in [3.63, 3.8) is 0 Å². The van der Waals surface area contributed by atoms with Crippen LogP contribution in [0.2, 0.25) is 0 Å². The Hall–Kier alpha value is -2.92. The number of nitrogens with zero attached hydrogens (tertiary/aromatic N) is 2. The zero-order chi connectivity index (χ0) is 21.3. The second-order valence-electron chi connectivity index (χ2n) is 6.87. The van der Waals surface area contributed by atoms with Gasteiger partial charge in [-0.1, -0.05) is 0 Å². The number of halogens is 1. The zero-order valence-corrected chi connectivity index (χ0v) is 16.9. The standard InChI is InChI=1S/C19H20FN3O6S/c1-2-27-16-4-3-13(20)6-17(16)30(25,26)22-14-5-12-8-23-9-18(24)28-10-15(23)11-29-19(12)21-7-14/h3-7,15,22H,2,8-11H2,1H3/t15-/m0/s1. The number of hydrogen-bond donors (Lipinski definition) is 1. The van der Waals surface area contributed by atoms with Gasteiger partial charge in [-0.3, -0.25) is 14.4 Å². The summed E-state index contributed by atoms with van der Waals surface area (Å²) in [7, 11) is -4.14. The third-order valence-electron chi connectivity index (χ3n) is 4.74. The number of hydrogen-bond acceptors (Lipinski definition) is 8. The monoisotopic (exact) mass is 437 g/mol. The maximum absolute atomic E-state index is 13.7. The summed E-state index contributed by atoms with van der Waals surface area (Å²) in [4.78, 5) is 17.4. The van der Waals surface area contributed by atoms with Crippen molar-refractivity contribution < 1.29 is 31.8 Å². The Labute approximate surface area is 172 Å².